The standard InChI is InChI=1S/C6H5N3OS/c1-10-5-4-6(8-2-7-5)11-3-9-4/h2-3H,1H3. The molecule has 2 rings (SSSR count). The number of aromatic nitrogens is 3. The fraction of sp³-hybridized carbons (Fsp3) is 0.167. The first kappa shape index (κ1) is 6.48. The van der Waals surface area contributed by atoms with E-state index in [9.17, 15) is 0 Å². The van der Waals surface area contributed by atoms with Crippen LogP contribution in [-0.4, -0.2) is 22.1 Å². The van der Waals surface area contributed by atoms with Crippen molar-refractivity contribution in [1.29, 1.82) is 0 Å². The zero-order valence-electron chi connectivity index (χ0n) is 5.81. The summed E-state index contributed by atoms with van der Waals surface area (Å²) in [6, 6.07) is 0. The average Bonchev–Trinajstić information content (AvgIpc) is 2.50. The highest BCUT2D eigenvalue weighted by atomic mass is 32.1. The smallest absolute Gasteiger partial charge is 0.244 e. The zero-order chi connectivity index (χ0) is 7.68. The lowest BCUT2D eigenvalue weighted by molar-refractivity contribution is 0.402. The van der Waals surface area contributed by atoms with Gasteiger partial charge in [0.1, 0.15) is 6.33 Å². The van der Waals surface area contributed by atoms with Crippen molar-refractivity contribution < 1.29 is 4.74 Å². The summed E-state index contributed by atoms with van der Waals surface area (Å²) in [6.07, 6.45) is 1.47. The summed E-state index contributed by atoms with van der Waals surface area (Å²) >= 11 is 1.47. The monoisotopic (exact) mass is 167 g/mol. The number of ether oxygens (including phenoxy) is 1. The largest absolute Gasteiger partial charge is 0.479 e. The SMILES string of the molecule is COc1ncnc2scnc12. The highest BCUT2D eigenvalue weighted by Crippen LogP contribution is 2.21. The second kappa shape index (κ2) is 2.43. The Balaban J connectivity index is 2.79. The van der Waals surface area contributed by atoms with E-state index in [1.165, 1.54) is 17.7 Å². The lowest BCUT2D eigenvalue weighted by Crippen LogP contribution is -1.88. The van der Waals surface area contributed by atoms with Gasteiger partial charge in [0.2, 0.25) is 5.88 Å². The number of nitrogens with zero attached hydrogens (tertiary/aromatic N) is 3. The molecular formula is C6H5N3OS. The van der Waals surface area contributed by atoms with Gasteiger partial charge in [0, 0.05) is 0 Å². The van der Waals surface area contributed by atoms with Gasteiger partial charge in [0.05, 0.1) is 12.6 Å². The maximum absolute atomic E-state index is 4.98. The van der Waals surface area contributed by atoms with Crippen molar-refractivity contribution in [3.8, 4) is 5.88 Å². The Hall–Kier alpha value is -1.23. The summed E-state index contributed by atoms with van der Waals surface area (Å²) in [7, 11) is 1.57. The summed E-state index contributed by atoms with van der Waals surface area (Å²) in [5.74, 6) is 0.538. The molecule has 0 aliphatic heterocycles. The predicted octanol–water partition coefficient (Wildman–Crippen LogP) is 1.09. The van der Waals surface area contributed by atoms with Crippen LogP contribution in [0.25, 0.3) is 10.3 Å². The molecule has 56 valence electrons. The molecule has 0 spiro atoms. The van der Waals surface area contributed by atoms with Crippen molar-refractivity contribution in [2.24, 2.45) is 0 Å². The van der Waals surface area contributed by atoms with Crippen LogP contribution in [0, 0.1) is 0 Å². The fourth-order valence-corrected chi connectivity index (χ4v) is 1.44. The van der Waals surface area contributed by atoms with E-state index in [0.29, 0.717) is 5.88 Å². The fourth-order valence-electron chi connectivity index (χ4n) is 0.823. The summed E-state index contributed by atoms with van der Waals surface area (Å²) in [5, 5.41) is 0. The number of fused-ring (bicyclic) bond motifs is 1. The molecule has 4 nitrogen and oxygen atoms in total. The maximum atomic E-state index is 4.98. The van der Waals surface area contributed by atoms with E-state index in [-0.39, 0.29) is 0 Å². The quantitative estimate of drug-likeness (QED) is 0.638. The van der Waals surface area contributed by atoms with Crippen LogP contribution < -0.4 is 4.74 Å². The van der Waals surface area contributed by atoms with Crippen LogP contribution in [0.3, 0.4) is 0 Å². The van der Waals surface area contributed by atoms with Gasteiger partial charge in [0.25, 0.3) is 0 Å². The van der Waals surface area contributed by atoms with Crippen LogP contribution in [0.4, 0.5) is 0 Å². The minimum Gasteiger partial charge on any atom is -0.479 e. The van der Waals surface area contributed by atoms with Gasteiger partial charge in [-0.2, -0.15) is 4.98 Å². The Morgan fingerprint density at radius 3 is 3.09 bits per heavy atom. The molecular weight excluding hydrogens is 162 g/mol. The lowest BCUT2D eigenvalue weighted by atomic mass is 10.6. The van der Waals surface area contributed by atoms with Crippen molar-refractivity contribution in [2.45, 2.75) is 0 Å². The van der Waals surface area contributed by atoms with Crippen molar-refractivity contribution in [1.82, 2.24) is 15.0 Å². The van der Waals surface area contributed by atoms with Crippen LogP contribution in [0.15, 0.2) is 11.8 Å². The first-order valence-electron chi connectivity index (χ1n) is 3.00. The van der Waals surface area contributed by atoms with Crippen LogP contribution >= 0.6 is 11.3 Å². The van der Waals surface area contributed by atoms with Crippen LogP contribution in [0.1, 0.15) is 0 Å². The first-order valence-corrected chi connectivity index (χ1v) is 3.88. The Morgan fingerprint density at radius 2 is 2.27 bits per heavy atom. The Kier molecular flexibility index (Phi) is 1.43. The third kappa shape index (κ3) is 0.932. The topological polar surface area (TPSA) is 47.9 Å². The number of methoxy groups -OCH3 is 1. The van der Waals surface area contributed by atoms with Crippen LogP contribution in [0.2, 0.25) is 0 Å². The highest BCUT2D eigenvalue weighted by Gasteiger charge is 2.04. The maximum Gasteiger partial charge on any atom is 0.244 e. The molecule has 0 aromatic carbocycles. The van der Waals surface area contributed by atoms with Gasteiger partial charge in [-0.3, -0.25) is 0 Å². The lowest BCUT2D eigenvalue weighted by Gasteiger charge is -1.95. The van der Waals surface area contributed by atoms with Gasteiger partial charge >= 0.3 is 0 Å². The molecule has 0 radical (unpaired) electrons. The Morgan fingerprint density at radius 1 is 1.36 bits per heavy atom. The van der Waals surface area contributed by atoms with Gasteiger partial charge in [0.15, 0.2) is 10.3 Å². The van der Waals surface area contributed by atoms with E-state index in [0.717, 1.165) is 10.3 Å². The zero-order valence-corrected chi connectivity index (χ0v) is 6.63. The molecule has 0 saturated carbocycles. The van der Waals surface area contributed by atoms with Gasteiger partial charge in [-0.1, -0.05) is 0 Å². The molecule has 11 heavy (non-hydrogen) atoms. The minimum absolute atomic E-state index is 0.538. The van der Waals surface area contributed by atoms with E-state index in [1.807, 2.05) is 0 Å². The number of hydrogen-bond donors (Lipinski definition) is 0. The van der Waals surface area contributed by atoms with Gasteiger partial charge in [-0.05, 0) is 0 Å². The normalized spacial score (nSPS) is 10.3. The summed E-state index contributed by atoms with van der Waals surface area (Å²) < 4.78 is 4.98. The van der Waals surface area contributed by atoms with Gasteiger partial charge in [-0.25, -0.2) is 9.97 Å². The second-order valence-corrected chi connectivity index (χ2v) is 2.72. The number of rotatable bonds is 1. The molecule has 0 saturated heterocycles. The van der Waals surface area contributed by atoms with Crippen molar-refractivity contribution in [2.75, 3.05) is 7.11 Å². The van der Waals surface area contributed by atoms with Crippen molar-refractivity contribution in [3.05, 3.63) is 11.8 Å². The summed E-state index contributed by atoms with van der Waals surface area (Å²) in [5.41, 5.74) is 2.46. The molecule has 0 N–H and O–H groups in total. The molecule has 0 fully saturated rings. The Bertz CT molecular complexity index is 373. The van der Waals surface area contributed by atoms with Crippen molar-refractivity contribution >= 4 is 21.7 Å². The molecule has 5 heteroatoms. The number of thiazole rings is 1. The second-order valence-electron chi connectivity index (χ2n) is 1.89. The third-order valence-corrected chi connectivity index (χ3v) is 2.03. The van der Waals surface area contributed by atoms with Crippen molar-refractivity contribution in [3.63, 3.8) is 0 Å². The molecule has 2 aromatic heterocycles. The molecule has 0 unspecified atom stereocenters. The molecule has 0 bridgehead atoms. The van der Waals surface area contributed by atoms with Crippen LogP contribution in [-0.2, 0) is 0 Å². The third-order valence-electron chi connectivity index (χ3n) is 1.29. The minimum atomic E-state index is 0.538. The highest BCUT2D eigenvalue weighted by molar-refractivity contribution is 7.16. The molecule has 0 aliphatic carbocycles. The van der Waals surface area contributed by atoms with Gasteiger partial charge < -0.3 is 4.74 Å². The van der Waals surface area contributed by atoms with Crippen LogP contribution in [0.5, 0.6) is 5.88 Å². The van der Waals surface area contributed by atoms with E-state index >= 15 is 0 Å². The van der Waals surface area contributed by atoms with E-state index in [2.05, 4.69) is 15.0 Å². The molecule has 0 aliphatic rings. The van der Waals surface area contributed by atoms with Gasteiger partial charge in [-0.15, -0.1) is 11.3 Å². The molecule has 2 heterocycles. The number of hydrogen-bond acceptors (Lipinski definition) is 5. The van der Waals surface area contributed by atoms with E-state index < -0.39 is 0 Å². The molecule has 2 aromatic rings. The summed E-state index contributed by atoms with van der Waals surface area (Å²) in [4.78, 5) is 12.8. The first-order chi connectivity index (χ1) is 5.42. The predicted molar refractivity (Wildman–Crippen MR) is 41.8 cm³/mol. The Labute approximate surface area is 66.9 Å². The molecule has 0 amide bonds. The van der Waals surface area contributed by atoms with E-state index in [1.54, 1.807) is 12.6 Å². The average molecular weight is 167 g/mol. The summed E-state index contributed by atoms with van der Waals surface area (Å²) in [6.45, 7) is 0. The van der Waals surface area contributed by atoms with E-state index in [4.69, 9.17) is 4.74 Å². The molecule has 0 atom stereocenters.